The molecule has 1 saturated carbocycles. The smallest absolute Gasteiger partial charge is 0.280 e. The number of ether oxygens (including phenoxy) is 2. The molecule has 1 amide bonds. The van der Waals surface area contributed by atoms with Crippen LogP contribution in [0.5, 0.6) is 5.88 Å². The highest BCUT2D eigenvalue weighted by Gasteiger charge is 2.22. The van der Waals surface area contributed by atoms with Crippen LogP contribution in [0.3, 0.4) is 0 Å². The molecular weight excluding hydrogens is 488 g/mol. The van der Waals surface area contributed by atoms with Gasteiger partial charge in [0, 0.05) is 34.9 Å². The number of carbonyl (C=O) groups excluding carboxylic acids is 1. The molecule has 0 bridgehead atoms. The van der Waals surface area contributed by atoms with Gasteiger partial charge in [0.15, 0.2) is 5.01 Å². The van der Waals surface area contributed by atoms with Crippen molar-refractivity contribution in [3.63, 3.8) is 0 Å². The van der Waals surface area contributed by atoms with Gasteiger partial charge < -0.3 is 14.8 Å². The van der Waals surface area contributed by atoms with Crippen molar-refractivity contribution in [3.05, 3.63) is 53.2 Å². The number of aromatic nitrogens is 4. The summed E-state index contributed by atoms with van der Waals surface area (Å²) < 4.78 is 10.9. The van der Waals surface area contributed by atoms with E-state index in [9.17, 15) is 4.79 Å². The molecule has 4 heterocycles. The molecule has 1 N–H and O–H groups in total. The summed E-state index contributed by atoms with van der Waals surface area (Å²) in [5.41, 5.74) is 2.58. The van der Waals surface area contributed by atoms with Gasteiger partial charge in [-0.05, 0) is 43.9 Å². The quantitative estimate of drug-likeness (QED) is 0.422. The van der Waals surface area contributed by atoms with Crippen molar-refractivity contribution in [3.8, 4) is 16.5 Å². The molecule has 37 heavy (non-hydrogen) atoms. The van der Waals surface area contributed by atoms with Gasteiger partial charge in [-0.3, -0.25) is 19.7 Å². The van der Waals surface area contributed by atoms with E-state index in [0.29, 0.717) is 23.2 Å². The van der Waals surface area contributed by atoms with Crippen LogP contribution in [0, 0.1) is 12.8 Å². The van der Waals surface area contributed by atoms with E-state index in [2.05, 4.69) is 37.1 Å². The van der Waals surface area contributed by atoms with E-state index in [1.165, 1.54) is 24.2 Å². The van der Waals surface area contributed by atoms with Gasteiger partial charge in [-0.15, -0.1) is 11.3 Å². The summed E-state index contributed by atoms with van der Waals surface area (Å²) in [5, 5.41) is 3.51. The van der Waals surface area contributed by atoms with Crippen molar-refractivity contribution >= 4 is 17.2 Å². The number of amides is 1. The van der Waals surface area contributed by atoms with Crippen molar-refractivity contribution in [2.24, 2.45) is 5.92 Å². The number of pyridine rings is 1. The molecule has 0 radical (unpaired) electrons. The number of carbonyl (C=O) groups is 1. The Balaban J connectivity index is 0.000000815. The number of nitrogens with one attached hydrogen (secondary N) is 1. The molecule has 3 aromatic heterocycles. The van der Waals surface area contributed by atoms with Gasteiger partial charge in [0.2, 0.25) is 5.88 Å². The van der Waals surface area contributed by atoms with Crippen LogP contribution in [-0.4, -0.2) is 70.2 Å². The number of rotatable bonds is 9. The van der Waals surface area contributed by atoms with Gasteiger partial charge in [0.25, 0.3) is 5.91 Å². The van der Waals surface area contributed by atoms with E-state index in [4.69, 9.17) is 9.47 Å². The third-order valence-corrected chi connectivity index (χ3v) is 7.18. The number of nitrogens with zero attached hydrogens (tertiary/aromatic N) is 5. The summed E-state index contributed by atoms with van der Waals surface area (Å²) in [5.74, 6) is 1.30. The average Bonchev–Trinajstić information content (AvgIpc) is 3.53. The first-order valence-corrected chi connectivity index (χ1v) is 13.8. The Morgan fingerprint density at radius 3 is 2.76 bits per heavy atom. The summed E-state index contributed by atoms with van der Waals surface area (Å²) in [4.78, 5) is 33.7. The molecule has 1 saturated heterocycles. The van der Waals surface area contributed by atoms with Crippen LogP contribution >= 0.6 is 11.3 Å². The zero-order chi connectivity index (χ0) is 26.0. The number of hydrogen-bond donors (Lipinski definition) is 1. The molecule has 2 aliphatic rings. The summed E-state index contributed by atoms with van der Waals surface area (Å²) in [6, 6.07) is 3.76. The fourth-order valence-corrected chi connectivity index (χ4v) is 4.52. The largest absolute Gasteiger partial charge is 0.477 e. The van der Waals surface area contributed by atoms with Gasteiger partial charge in [-0.1, -0.05) is 19.8 Å². The molecule has 1 aliphatic heterocycles. The Morgan fingerprint density at radius 2 is 2.05 bits per heavy atom. The average molecular weight is 529 g/mol. The normalized spacial score (nSPS) is 16.4. The lowest BCUT2D eigenvalue weighted by Crippen LogP contribution is -2.39. The maximum atomic E-state index is 13.1. The molecule has 0 unspecified atom stereocenters. The summed E-state index contributed by atoms with van der Waals surface area (Å²) in [7, 11) is 0. The Labute approximate surface area is 225 Å². The topological polar surface area (TPSA) is 102 Å². The Bertz CT molecular complexity index is 1160. The zero-order valence-electron chi connectivity index (χ0n) is 21.9. The highest BCUT2D eigenvalue weighted by molar-refractivity contribution is 7.16. The first kappa shape index (κ1) is 27.1. The molecule has 202 valence electrons. The maximum Gasteiger partial charge on any atom is 0.280 e. The molecule has 5 rings (SSSR count). The SMILES string of the molecule is CC1CC1.CCOc1cncc(-c2cnc(C(=O)N[C@H](CCN3CCOCC3)c3cc(C)ccn3)s2)n1.[HH].[HH]. The van der Waals surface area contributed by atoms with E-state index < -0.39 is 0 Å². The third kappa shape index (κ3) is 8.55. The van der Waals surface area contributed by atoms with E-state index >= 15 is 0 Å². The lowest BCUT2D eigenvalue weighted by molar-refractivity contribution is 0.0359. The molecule has 2 fully saturated rings. The second-order valence-corrected chi connectivity index (χ2v) is 10.4. The zero-order valence-corrected chi connectivity index (χ0v) is 22.7. The molecular formula is C27H40N6O3S. The molecule has 1 atom stereocenters. The van der Waals surface area contributed by atoms with E-state index in [0.717, 1.165) is 61.3 Å². The van der Waals surface area contributed by atoms with E-state index in [1.807, 2.05) is 26.0 Å². The van der Waals surface area contributed by atoms with E-state index in [-0.39, 0.29) is 14.8 Å². The lowest BCUT2D eigenvalue weighted by Gasteiger charge is -2.28. The fraction of sp³-hybridized carbons (Fsp3) is 0.519. The number of morpholine rings is 1. The minimum Gasteiger partial charge on any atom is -0.477 e. The molecule has 0 aromatic carbocycles. The van der Waals surface area contributed by atoms with Gasteiger partial charge >= 0.3 is 0 Å². The van der Waals surface area contributed by atoms with Crippen LogP contribution in [0.1, 0.15) is 63.1 Å². The highest BCUT2D eigenvalue weighted by Crippen LogP contribution is 2.27. The van der Waals surface area contributed by atoms with Crippen molar-refractivity contribution in [1.82, 2.24) is 30.2 Å². The highest BCUT2D eigenvalue weighted by atomic mass is 32.1. The fourth-order valence-electron chi connectivity index (χ4n) is 3.75. The number of hydrogen-bond acceptors (Lipinski definition) is 9. The van der Waals surface area contributed by atoms with E-state index in [1.54, 1.807) is 24.8 Å². The van der Waals surface area contributed by atoms with Crippen molar-refractivity contribution in [2.45, 2.75) is 46.1 Å². The van der Waals surface area contributed by atoms with Gasteiger partial charge in [0.1, 0.15) is 5.69 Å². The van der Waals surface area contributed by atoms with Crippen molar-refractivity contribution < 1.29 is 17.1 Å². The monoisotopic (exact) mass is 528 g/mol. The first-order chi connectivity index (χ1) is 18.0. The van der Waals surface area contributed by atoms with Crippen LogP contribution in [-0.2, 0) is 4.74 Å². The second kappa shape index (κ2) is 13.6. The predicted octanol–water partition coefficient (Wildman–Crippen LogP) is 4.80. The molecule has 3 aromatic rings. The van der Waals surface area contributed by atoms with Crippen LogP contribution in [0.15, 0.2) is 36.9 Å². The van der Waals surface area contributed by atoms with Crippen LogP contribution in [0.25, 0.3) is 10.6 Å². The molecule has 1 aliphatic carbocycles. The van der Waals surface area contributed by atoms with Gasteiger partial charge in [-0.2, -0.15) is 0 Å². The van der Waals surface area contributed by atoms with Crippen molar-refractivity contribution in [1.29, 1.82) is 0 Å². The van der Waals surface area contributed by atoms with Crippen LogP contribution < -0.4 is 10.1 Å². The molecule has 10 heteroatoms. The van der Waals surface area contributed by atoms with Crippen LogP contribution in [0.4, 0.5) is 0 Å². The Kier molecular flexibility index (Phi) is 9.92. The first-order valence-electron chi connectivity index (χ1n) is 13.0. The molecule has 0 spiro atoms. The van der Waals surface area contributed by atoms with Crippen molar-refractivity contribution in [2.75, 3.05) is 39.5 Å². The maximum absolute atomic E-state index is 13.1. The minimum absolute atomic E-state index is 0. The van der Waals surface area contributed by atoms with Gasteiger partial charge in [-0.25, -0.2) is 9.97 Å². The summed E-state index contributed by atoms with van der Waals surface area (Å²) in [6.07, 6.45) is 10.4. The Morgan fingerprint density at radius 1 is 1.27 bits per heavy atom. The summed E-state index contributed by atoms with van der Waals surface area (Å²) in [6.45, 7) is 10.8. The number of thiazole rings is 1. The minimum atomic E-state index is -0.226. The standard InChI is InChI=1S/C23H28N6O3S.C4H8.2H2/c1-3-32-21-15-24-13-19(27-21)20-14-26-23(33-20)22(30)28-17(18-12-16(2)4-6-25-18)5-7-29-8-10-31-11-9-29;1-4-2-3-4;;/h4,6,12-15,17H,3,5,7-11H2,1-2H3,(H,28,30);4H,2-3H2,1H3;2*1H/t17-;;;/m1.../s1. The summed E-state index contributed by atoms with van der Waals surface area (Å²) >= 11 is 1.28. The molecule has 9 nitrogen and oxygen atoms in total. The second-order valence-electron chi connectivity index (χ2n) is 9.41. The predicted molar refractivity (Wildman–Crippen MR) is 148 cm³/mol. The number of aryl methyl sites for hydroxylation is 1. The third-order valence-electron chi connectivity index (χ3n) is 6.16. The lowest BCUT2D eigenvalue weighted by atomic mass is 10.1. The van der Waals surface area contributed by atoms with Crippen LogP contribution in [0.2, 0.25) is 0 Å². The Hall–Kier alpha value is -2.95. The van der Waals surface area contributed by atoms with Gasteiger partial charge in [0.05, 0.1) is 48.8 Å².